The topological polar surface area (TPSA) is 189 Å². The summed E-state index contributed by atoms with van der Waals surface area (Å²) in [5.74, 6) is -0.884. The standard InChI is InChI=1S/C27H43N5O10S/c1-6-11-43-25-30-23(28-14-12-16(37-9-7-33)21-19(14)39-26(2,3)41-21)18(32(35)36)24(31-25)29-15-13-17(38-10-8-34)22-20(15)40-27(4,5)42-22/h14-17,19-22,33-34H,6-13H2,1-5H3,(H2,28,29,30,31). The van der Waals surface area contributed by atoms with E-state index in [0.29, 0.717) is 18.0 Å². The van der Waals surface area contributed by atoms with Crippen molar-refractivity contribution in [2.75, 3.05) is 42.8 Å². The number of thioether (sulfide) groups is 1. The van der Waals surface area contributed by atoms with Gasteiger partial charge in [0.25, 0.3) is 0 Å². The summed E-state index contributed by atoms with van der Waals surface area (Å²) in [6, 6.07) is -0.833. The van der Waals surface area contributed by atoms with Crippen LogP contribution in [0.25, 0.3) is 0 Å². The van der Waals surface area contributed by atoms with Gasteiger partial charge in [-0.1, -0.05) is 18.7 Å². The molecule has 0 spiro atoms. The first-order valence-corrected chi connectivity index (χ1v) is 15.8. The Kier molecular flexibility index (Phi) is 10.00. The zero-order valence-electron chi connectivity index (χ0n) is 25.2. The Balaban J connectivity index is 1.45. The van der Waals surface area contributed by atoms with E-state index in [-0.39, 0.29) is 56.0 Å². The van der Waals surface area contributed by atoms with Crippen LogP contribution in [0.2, 0.25) is 0 Å². The van der Waals surface area contributed by atoms with E-state index in [0.717, 1.165) is 12.2 Å². The number of nitrogens with zero attached hydrogens (tertiary/aromatic N) is 3. The molecule has 1 aromatic rings. The molecule has 3 heterocycles. The molecule has 0 bridgehead atoms. The van der Waals surface area contributed by atoms with Crippen molar-refractivity contribution in [1.29, 1.82) is 0 Å². The van der Waals surface area contributed by atoms with Gasteiger partial charge in [-0.2, -0.15) is 9.97 Å². The molecule has 8 atom stereocenters. The van der Waals surface area contributed by atoms with Crippen molar-refractivity contribution in [3.8, 4) is 0 Å². The predicted molar refractivity (Wildman–Crippen MR) is 155 cm³/mol. The second-order valence-corrected chi connectivity index (χ2v) is 13.1. The van der Waals surface area contributed by atoms with Crippen LogP contribution in [-0.2, 0) is 28.4 Å². The summed E-state index contributed by atoms with van der Waals surface area (Å²) in [5, 5.41) is 38.2. The van der Waals surface area contributed by atoms with Crippen LogP contribution in [-0.4, -0.2) is 118 Å². The fraction of sp³-hybridized carbons (Fsp3) is 0.852. The molecular formula is C27H43N5O10S. The number of hydrogen-bond donors (Lipinski definition) is 4. The molecule has 16 heteroatoms. The highest BCUT2D eigenvalue weighted by Crippen LogP contribution is 2.44. The van der Waals surface area contributed by atoms with E-state index < -0.39 is 53.0 Å². The average molecular weight is 630 g/mol. The predicted octanol–water partition coefficient (Wildman–Crippen LogP) is 2.05. The van der Waals surface area contributed by atoms with Gasteiger partial charge in [-0.3, -0.25) is 10.1 Å². The molecule has 4 N–H and O–H groups in total. The molecule has 4 fully saturated rings. The monoisotopic (exact) mass is 629 g/mol. The lowest BCUT2D eigenvalue weighted by atomic mass is 10.2. The maximum absolute atomic E-state index is 12.6. The molecule has 0 amide bonds. The van der Waals surface area contributed by atoms with E-state index in [1.807, 2.05) is 34.6 Å². The van der Waals surface area contributed by atoms with Crippen molar-refractivity contribution < 1.29 is 43.6 Å². The summed E-state index contributed by atoms with van der Waals surface area (Å²) in [4.78, 5) is 21.3. The number of nitro groups is 1. The van der Waals surface area contributed by atoms with Gasteiger partial charge in [0.2, 0.25) is 11.6 Å². The lowest BCUT2D eigenvalue weighted by Crippen LogP contribution is -2.36. The van der Waals surface area contributed by atoms with Gasteiger partial charge in [0.05, 0.1) is 55.6 Å². The van der Waals surface area contributed by atoms with Crippen LogP contribution in [0.3, 0.4) is 0 Å². The van der Waals surface area contributed by atoms with Gasteiger partial charge in [-0.25, -0.2) is 0 Å². The Hall–Kier alpha value is -1.89. The highest BCUT2D eigenvalue weighted by atomic mass is 32.2. The van der Waals surface area contributed by atoms with Crippen molar-refractivity contribution in [1.82, 2.24) is 9.97 Å². The number of nitrogens with one attached hydrogen (secondary N) is 2. The van der Waals surface area contributed by atoms with Gasteiger partial charge >= 0.3 is 5.69 Å². The lowest BCUT2D eigenvalue weighted by molar-refractivity contribution is -0.383. The molecule has 43 heavy (non-hydrogen) atoms. The number of aliphatic hydroxyl groups excluding tert-OH is 2. The molecule has 2 aliphatic heterocycles. The van der Waals surface area contributed by atoms with Crippen LogP contribution in [0.15, 0.2) is 5.16 Å². The minimum Gasteiger partial charge on any atom is -0.394 e. The summed E-state index contributed by atoms with van der Waals surface area (Å²) in [6.07, 6.45) is -0.765. The molecule has 8 unspecified atom stereocenters. The van der Waals surface area contributed by atoms with Gasteiger partial charge in [0.1, 0.15) is 24.4 Å². The molecule has 0 aromatic carbocycles. The van der Waals surface area contributed by atoms with E-state index in [1.165, 1.54) is 11.8 Å². The zero-order chi connectivity index (χ0) is 30.9. The maximum Gasteiger partial charge on any atom is 0.353 e. The smallest absolute Gasteiger partial charge is 0.353 e. The maximum atomic E-state index is 12.6. The number of ether oxygens (including phenoxy) is 6. The van der Waals surface area contributed by atoms with Gasteiger partial charge in [0.15, 0.2) is 16.7 Å². The Morgan fingerprint density at radius 3 is 1.72 bits per heavy atom. The van der Waals surface area contributed by atoms with Crippen LogP contribution < -0.4 is 10.6 Å². The van der Waals surface area contributed by atoms with E-state index in [9.17, 15) is 20.3 Å². The summed E-state index contributed by atoms with van der Waals surface area (Å²) in [5.41, 5.74) is -0.301. The summed E-state index contributed by atoms with van der Waals surface area (Å²) < 4.78 is 36.3. The lowest BCUT2D eigenvalue weighted by Gasteiger charge is -2.25. The largest absolute Gasteiger partial charge is 0.394 e. The number of aromatic nitrogens is 2. The normalized spacial score (nSPS) is 33.8. The number of rotatable bonds is 14. The Morgan fingerprint density at radius 1 is 0.884 bits per heavy atom. The molecule has 15 nitrogen and oxygen atoms in total. The third-order valence-corrected chi connectivity index (χ3v) is 8.85. The van der Waals surface area contributed by atoms with Crippen LogP contribution in [0.4, 0.5) is 17.3 Å². The Labute approximate surface area is 254 Å². The molecule has 242 valence electrons. The van der Waals surface area contributed by atoms with Crippen molar-refractivity contribution in [2.45, 2.75) is 119 Å². The molecule has 5 rings (SSSR count). The Morgan fingerprint density at radius 2 is 1.33 bits per heavy atom. The van der Waals surface area contributed by atoms with E-state index in [1.54, 1.807) is 0 Å². The van der Waals surface area contributed by atoms with Crippen LogP contribution in [0.5, 0.6) is 0 Å². The van der Waals surface area contributed by atoms with Gasteiger partial charge in [-0.05, 0) is 47.0 Å². The SMILES string of the molecule is CCCSc1nc(NC2CC(OCCO)C3OC(C)(C)OC23)c([N+](=O)[O-])c(NC2CC(OCCO)C3OC(C)(C)OC23)n1. The molecule has 2 aliphatic carbocycles. The average Bonchev–Trinajstić information content (AvgIpc) is 3.62. The van der Waals surface area contributed by atoms with Gasteiger partial charge < -0.3 is 49.3 Å². The van der Waals surface area contributed by atoms with Crippen LogP contribution in [0.1, 0.15) is 53.9 Å². The minimum absolute atomic E-state index is 0.0625. The third-order valence-electron chi connectivity index (χ3n) is 7.80. The molecule has 1 aromatic heterocycles. The van der Waals surface area contributed by atoms with E-state index in [2.05, 4.69) is 20.6 Å². The zero-order valence-corrected chi connectivity index (χ0v) is 26.0. The summed E-state index contributed by atoms with van der Waals surface area (Å²) >= 11 is 1.41. The van der Waals surface area contributed by atoms with Crippen molar-refractivity contribution >= 4 is 29.1 Å². The molecule has 2 saturated carbocycles. The van der Waals surface area contributed by atoms with E-state index in [4.69, 9.17) is 28.4 Å². The number of hydrogen-bond acceptors (Lipinski definition) is 15. The third kappa shape index (κ3) is 7.17. The minimum atomic E-state index is -0.867. The first kappa shape index (κ1) is 32.5. The van der Waals surface area contributed by atoms with Gasteiger partial charge in [-0.15, -0.1) is 0 Å². The van der Waals surface area contributed by atoms with Crippen molar-refractivity contribution in [2.24, 2.45) is 0 Å². The van der Waals surface area contributed by atoms with Crippen LogP contribution in [0, 0.1) is 10.1 Å². The Bertz CT molecular complexity index is 1070. The summed E-state index contributed by atoms with van der Waals surface area (Å²) in [7, 11) is 0. The second kappa shape index (κ2) is 13.2. The highest BCUT2D eigenvalue weighted by Gasteiger charge is 2.56. The molecular weight excluding hydrogens is 586 g/mol. The fourth-order valence-electron chi connectivity index (χ4n) is 6.30. The molecule has 4 aliphatic rings. The first-order chi connectivity index (χ1) is 20.4. The van der Waals surface area contributed by atoms with Crippen molar-refractivity contribution in [3.05, 3.63) is 10.1 Å². The molecule has 0 radical (unpaired) electrons. The second-order valence-electron chi connectivity index (χ2n) is 12.0. The molecule has 2 saturated heterocycles. The van der Waals surface area contributed by atoms with E-state index >= 15 is 0 Å². The van der Waals surface area contributed by atoms with Crippen molar-refractivity contribution in [3.63, 3.8) is 0 Å². The quantitative estimate of drug-likeness (QED) is 0.101. The van der Waals surface area contributed by atoms with Crippen LogP contribution >= 0.6 is 11.8 Å². The fourth-order valence-corrected chi connectivity index (χ4v) is 7.00. The highest BCUT2D eigenvalue weighted by molar-refractivity contribution is 7.99. The number of fused-ring (bicyclic) bond motifs is 2. The number of anilines is 2. The van der Waals surface area contributed by atoms with Gasteiger partial charge in [0, 0.05) is 5.75 Å². The first-order valence-electron chi connectivity index (χ1n) is 14.8. The number of aliphatic hydroxyl groups is 2. The summed E-state index contributed by atoms with van der Waals surface area (Å²) in [6.45, 7) is 9.27.